The maximum atomic E-state index is 10.8. The quantitative estimate of drug-likeness (QED) is 0.825. The van der Waals surface area contributed by atoms with Crippen molar-refractivity contribution in [3.05, 3.63) is 29.8 Å². The van der Waals surface area contributed by atoms with Gasteiger partial charge in [-0.15, -0.1) is 0 Å². The zero-order valence-corrected chi connectivity index (χ0v) is 9.09. The van der Waals surface area contributed by atoms with Crippen molar-refractivity contribution in [2.75, 3.05) is 16.8 Å². The summed E-state index contributed by atoms with van der Waals surface area (Å²) in [6, 6.07) is 7.46. The van der Waals surface area contributed by atoms with Gasteiger partial charge < -0.3 is 10.4 Å². The first-order chi connectivity index (χ1) is 7.25. The average Bonchev–Trinajstić information content (AvgIpc) is 2.71. The van der Waals surface area contributed by atoms with E-state index in [1.54, 1.807) is 18.2 Å². The Hall–Kier alpha value is -1.16. The maximum Gasteiger partial charge on any atom is 0.335 e. The zero-order chi connectivity index (χ0) is 10.7. The molecule has 1 aromatic rings. The Labute approximate surface area is 92.9 Å². The van der Waals surface area contributed by atoms with E-state index < -0.39 is 5.97 Å². The van der Waals surface area contributed by atoms with Crippen LogP contribution < -0.4 is 5.32 Å². The molecule has 1 aliphatic rings. The zero-order valence-electron chi connectivity index (χ0n) is 8.27. The standard InChI is InChI=1S/C11H13NO2S/c13-11(14)8-2-1-3-9(6-8)12-10-4-5-15-7-10/h1-3,6,10,12H,4-5,7H2,(H,13,14). The number of benzene rings is 1. The first-order valence-corrected chi connectivity index (χ1v) is 6.09. The lowest BCUT2D eigenvalue weighted by Gasteiger charge is -2.12. The summed E-state index contributed by atoms with van der Waals surface area (Å²) >= 11 is 1.93. The number of anilines is 1. The minimum Gasteiger partial charge on any atom is -0.478 e. The molecule has 15 heavy (non-hydrogen) atoms. The van der Waals surface area contributed by atoms with Gasteiger partial charge in [0.1, 0.15) is 0 Å². The van der Waals surface area contributed by atoms with Crippen LogP contribution in [0.2, 0.25) is 0 Å². The third-order valence-corrected chi connectivity index (χ3v) is 3.57. The fourth-order valence-corrected chi connectivity index (χ4v) is 2.78. The Bertz CT molecular complexity index is 361. The second kappa shape index (κ2) is 4.57. The van der Waals surface area contributed by atoms with Crippen LogP contribution in [0.3, 0.4) is 0 Å². The lowest BCUT2D eigenvalue weighted by Crippen LogP contribution is -2.18. The average molecular weight is 223 g/mol. The van der Waals surface area contributed by atoms with Crippen molar-refractivity contribution < 1.29 is 9.90 Å². The molecule has 0 aliphatic carbocycles. The van der Waals surface area contributed by atoms with Gasteiger partial charge in [-0.3, -0.25) is 0 Å². The Kier molecular flexibility index (Phi) is 3.16. The molecule has 1 saturated heterocycles. The van der Waals surface area contributed by atoms with Crippen molar-refractivity contribution in [1.29, 1.82) is 0 Å². The molecular formula is C11H13NO2S. The molecule has 80 valence electrons. The summed E-state index contributed by atoms with van der Waals surface area (Å²) in [7, 11) is 0. The molecule has 1 atom stereocenters. The Balaban J connectivity index is 2.07. The van der Waals surface area contributed by atoms with E-state index in [0.717, 1.165) is 17.9 Å². The molecule has 1 fully saturated rings. The number of carboxylic acids is 1. The number of carbonyl (C=O) groups is 1. The van der Waals surface area contributed by atoms with E-state index in [9.17, 15) is 4.79 Å². The smallest absolute Gasteiger partial charge is 0.335 e. The lowest BCUT2D eigenvalue weighted by atomic mass is 10.2. The number of aromatic carboxylic acids is 1. The SMILES string of the molecule is O=C(O)c1cccc(NC2CCSC2)c1. The van der Waals surface area contributed by atoms with Crippen LogP contribution in [-0.4, -0.2) is 28.6 Å². The summed E-state index contributed by atoms with van der Waals surface area (Å²) in [5.74, 6) is 1.42. The molecule has 2 rings (SSSR count). The van der Waals surface area contributed by atoms with Gasteiger partial charge >= 0.3 is 5.97 Å². The summed E-state index contributed by atoms with van der Waals surface area (Å²) in [5, 5.41) is 12.2. The highest BCUT2D eigenvalue weighted by Crippen LogP contribution is 2.21. The van der Waals surface area contributed by atoms with Crippen LogP contribution in [0.5, 0.6) is 0 Å². The third-order valence-electron chi connectivity index (χ3n) is 2.41. The van der Waals surface area contributed by atoms with Gasteiger partial charge in [0.2, 0.25) is 0 Å². The predicted molar refractivity (Wildman–Crippen MR) is 62.8 cm³/mol. The van der Waals surface area contributed by atoms with Crippen LogP contribution in [0.1, 0.15) is 16.8 Å². The molecular weight excluding hydrogens is 210 g/mol. The Morgan fingerprint density at radius 3 is 3.07 bits per heavy atom. The molecule has 0 radical (unpaired) electrons. The Morgan fingerprint density at radius 2 is 2.40 bits per heavy atom. The van der Waals surface area contributed by atoms with Crippen LogP contribution in [0.25, 0.3) is 0 Å². The molecule has 0 aromatic heterocycles. The van der Waals surface area contributed by atoms with Crippen LogP contribution in [0.4, 0.5) is 5.69 Å². The van der Waals surface area contributed by atoms with Gasteiger partial charge in [-0.2, -0.15) is 11.8 Å². The van der Waals surface area contributed by atoms with E-state index in [4.69, 9.17) is 5.11 Å². The molecule has 0 amide bonds. The van der Waals surface area contributed by atoms with Gasteiger partial charge in [0, 0.05) is 17.5 Å². The van der Waals surface area contributed by atoms with Crippen LogP contribution >= 0.6 is 11.8 Å². The van der Waals surface area contributed by atoms with Gasteiger partial charge in [0.15, 0.2) is 0 Å². The normalized spacial score (nSPS) is 20.1. The third kappa shape index (κ3) is 2.65. The number of hydrogen-bond donors (Lipinski definition) is 2. The van der Waals surface area contributed by atoms with Gasteiger partial charge in [-0.25, -0.2) is 4.79 Å². The van der Waals surface area contributed by atoms with Gasteiger partial charge in [-0.1, -0.05) is 6.07 Å². The predicted octanol–water partition coefficient (Wildman–Crippen LogP) is 2.30. The lowest BCUT2D eigenvalue weighted by molar-refractivity contribution is 0.0697. The highest BCUT2D eigenvalue weighted by Gasteiger charge is 2.15. The summed E-state index contributed by atoms with van der Waals surface area (Å²) < 4.78 is 0. The largest absolute Gasteiger partial charge is 0.478 e. The number of hydrogen-bond acceptors (Lipinski definition) is 3. The Morgan fingerprint density at radius 1 is 1.53 bits per heavy atom. The molecule has 1 unspecified atom stereocenters. The minimum atomic E-state index is -0.876. The molecule has 2 N–H and O–H groups in total. The minimum absolute atomic E-state index is 0.339. The highest BCUT2D eigenvalue weighted by molar-refractivity contribution is 7.99. The molecule has 3 nitrogen and oxygen atoms in total. The van der Waals surface area contributed by atoms with E-state index in [0.29, 0.717) is 11.6 Å². The van der Waals surface area contributed by atoms with E-state index in [1.165, 1.54) is 5.75 Å². The van der Waals surface area contributed by atoms with E-state index in [2.05, 4.69) is 5.32 Å². The van der Waals surface area contributed by atoms with Crippen molar-refractivity contribution in [3.63, 3.8) is 0 Å². The van der Waals surface area contributed by atoms with Crippen molar-refractivity contribution in [2.24, 2.45) is 0 Å². The molecule has 1 aromatic carbocycles. The fraction of sp³-hybridized carbons (Fsp3) is 0.364. The van der Waals surface area contributed by atoms with Crippen molar-refractivity contribution in [2.45, 2.75) is 12.5 Å². The van der Waals surface area contributed by atoms with Gasteiger partial charge in [0.05, 0.1) is 5.56 Å². The summed E-state index contributed by atoms with van der Waals surface area (Å²) in [6.45, 7) is 0. The fourth-order valence-electron chi connectivity index (χ4n) is 1.63. The van der Waals surface area contributed by atoms with E-state index >= 15 is 0 Å². The first-order valence-electron chi connectivity index (χ1n) is 4.93. The van der Waals surface area contributed by atoms with Gasteiger partial charge in [0.25, 0.3) is 0 Å². The topological polar surface area (TPSA) is 49.3 Å². The highest BCUT2D eigenvalue weighted by atomic mass is 32.2. The van der Waals surface area contributed by atoms with Crippen molar-refractivity contribution >= 4 is 23.4 Å². The first kappa shape index (κ1) is 10.4. The number of nitrogens with one attached hydrogen (secondary N) is 1. The second-order valence-electron chi connectivity index (χ2n) is 3.59. The summed E-state index contributed by atoms with van der Waals surface area (Å²) in [4.78, 5) is 10.8. The number of carboxylic acid groups (broad SMARTS) is 1. The maximum absolute atomic E-state index is 10.8. The van der Waals surface area contributed by atoms with E-state index in [-0.39, 0.29) is 0 Å². The summed E-state index contributed by atoms with van der Waals surface area (Å²) in [5.41, 5.74) is 1.24. The number of thioether (sulfide) groups is 1. The molecule has 1 aliphatic heterocycles. The second-order valence-corrected chi connectivity index (χ2v) is 4.74. The molecule has 0 bridgehead atoms. The van der Waals surface area contributed by atoms with Crippen LogP contribution in [-0.2, 0) is 0 Å². The molecule has 4 heteroatoms. The summed E-state index contributed by atoms with van der Waals surface area (Å²) in [6.07, 6.45) is 1.15. The number of rotatable bonds is 3. The van der Waals surface area contributed by atoms with Crippen molar-refractivity contribution in [3.8, 4) is 0 Å². The van der Waals surface area contributed by atoms with E-state index in [1.807, 2.05) is 17.8 Å². The molecule has 0 spiro atoms. The van der Waals surface area contributed by atoms with Crippen LogP contribution in [0.15, 0.2) is 24.3 Å². The molecule has 1 heterocycles. The van der Waals surface area contributed by atoms with Crippen molar-refractivity contribution in [1.82, 2.24) is 0 Å². The molecule has 0 saturated carbocycles. The van der Waals surface area contributed by atoms with Gasteiger partial charge in [-0.05, 0) is 30.4 Å². The van der Waals surface area contributed by atoms with Crippen LogP contribution in [0, 0.1) is 0 Å². The monoisotopic (exact) mass is 223 g/mol.